The van der Waals surface area contributed by atoms with Crippen molar-refractivity contribution in [2.24, 2.45) is 5.41 Å². The molecule has 0 spiro atoms. The third-order valence-corrected chi connectivity index (χ3v) is 12.8. The number of hydrogen-bond donors (Lipinski definition) is 5. The van der Waals surface area contributed by atoms with E-state index in [9.17, 15) is 29.1 Å². The van der Waals surface area contributed by atoms with Gasteiger partial charge in [0.05, 0.1) is 27.6 Å². The van der Waals surface area contributed by atoms with Crippen LogP contribution in [0.2, 0.25) is 0 Å². The average molecular weight is 847 g/mol. The first kappa shape index (κ1) is 46.0. The molecule has 2 saturated heterocycles. The molecule has 326 valence electrons. The minimum Gasteiger partial charge on any atom is -0.465 e. The number of aliphatic hydroxyl groups excluding tert-OH is 1. The molecule has 16 heteroatoms. The van der Waals surface area contributed by atoms with Gasteiger partial charge in [0, 0.05) is 96.1 Å². The SMILES string of the molecule is Cc1ncsc1-c1ccc(CCNC(=O)[C@@H]2C[C@@H](O)CN2C(=O)C(C)(C)[C@H](C)NC(=O)CCCCCNC(=O)c2ccc(N3CCN(CCN(C)C(=O)O)CC3)cc2)cc1. The van der Waals surface area contributed by atoms with E-state index in [4.69, 9.17) is 5.11 Å². The average Bonchev–Trinajstić information content (AvgIpc) is 3.86. The molecule has 3 heterocycles. The number of likely N-dealkylation sites (tertiary alicyclic amines) is 1. The van der Waals surface area contributed by atoms with Gasteiger partial charge in [-0.25, -0.2) is 9.78 Å². The molecule has 1 aromatic heterocycles. The lowest BCUT2D eigenvalue weighted by molar-refractivity contribution is -0.147. The number of benzene rings is 2. The molecule has 60 heavy (non-hydrogen) atoms. The highest BCUT2D eigenvalue weighted by molar-refractivity contribution is 7.13. The van der Waals surface area contributed by atoms with Gasteiger partial charge in [-0.2, -0.15) is 0 Å². The number of piperazine rings is 1. The normalized spacial score (nSPS) is 17.6. The van der Waals surface area contributed by atoms with Gasteiger partial charge in [-0.1, -0.05) is 30.7 Å². The van der Waals surface area contributed by atoms with Crippen LogP contribution in [0.25, 0.3) is 10.4 Å². The molecule has 0 aliphatic carbocycles. The largest absolute Gasteiger partial charge is 0.465 e. The van der Waals surface area contributed by atoms with Crippen molar-refractivity contribution in [1.82, 2.24) is 35.6 Å². The molecule has 0 saturated carbocycles. The van der Waals surface area contributed by atoms with E-state index in [0.29, 0.717) is 51.0 Å². The number of carboxylic acid groups (broad SMARTS) is 1. The van der Waals surface area contributed by atoms with Crippen LogP contribution in [0.4, 0.5) is 10.5 Å². The number of hydrogen-bond acceptors (Lipinski definition) is 10. The smallest absolute Gasteiger partial charge is 0.407 e. The molecule has 5 amide bonds. The zero-order chi connectivity index (χ0) is 43.4. The summed E-state index contributed by atoms with van der Waals surface area (Å²) in [6.45, 7) is 12.7. The van der Waals surface area contributed by atoms with E-state index in [2.05, 4.69) is 42.9 Å². The van der Waals surface area contributed by atoms with Crippen LogP contribution in [0, 0.1) is 12.3 Å². The maximum Gasteiger partial charge on any atom is 0.407 e. The second-order valence-corrected chi connectivity index (χ2v) is 17.4. The molecule has 5 rings (SSSR count). The third-order valence-electron chi connectivity index (χ3n) is 11.8. The van der Waals surface area contributed by atoms with Gasteiger partial charge in [-0.3, -0.25) is 24.1 Å². The van der Waals surface area contributed by atoms with Crippen LogP contribution < -0.4 is 20.9 Å². The van der Waals surface area contributed by atoms with Crippen molar-refractivity contribution in [1.29, 1.82) is 0 Å². The summed E-state index contributed by atoms with van der Waals surface area (Å²) in [5, 5.41) is 28.4. The number of nitrogens with zero attached hydrogens (tertiary/aromatic N) is 5. The Labute approximate surface area is 357 Å². The summed E-state index contributed by atoms with van der Waals surface area (Å²) in [7, 11) is 1.58. The van der Waals surface area contributed by atoms with Crippen molar-refractivity contribution in [2.45, 2.75) is 84.4 Å². The highest BCUT2D eigenvalue weighted by Gasteiger charge is 2.46. The fraction of sp³-hybridized carbons (Fsp3) is 0.545. The molecule has 5 N–H and O–H groups in total. The first-order valence-electron chi connectivity index (χ1n) is 21.0. The standard InChI is InChI=1S/C44H62N8O7S/c1-30-39(60-29-47-30)33-12-10-32(11-13-33)18-20-46-41(56)37-27-36(53)28-52(37)42(57)44(3,4)31(2)48-38(54)9-7-6-8-19-45-40(55)34-14-16-35(17-15-34)51-25-23-50(24-26-51)22-21-49(5)43(58)59/h10-17,29,31,36-37,53H,6-9,18-28H2,1-5H3,(H,45,55)(H,46,56)(H,48,54)(H,58,59)/t31-,36+,37-/m0/s1. The zero-order valence-electron chi connectivity index (χ0n) is 35.6. The van der Waals surface area contributed by atoms with E-state index in [-0.39, 0.29) is 43.0 Å². The molecular formula is C44H62N8O7S. The summed E-state index contributed by atoms with van der Waals surface area (Å²) >= 11 is 1.60. The molecule has 3 aromatic rings. The molecule has 15 nitrogen and oxygen atoms in total. The Morgan fingerprint density at radius 2 is 1.65 bits per heavy atom. The highest BCUT2D eigenvalue weighted by Crippen LogP contribution is 2.30. The lowest BCUT2D eigenvalue weighted by Crippen LogP contribution is -2.55. The fourth-order valence-corrected chi connectivity index (χ4v) is 8.33. The second-order valence-electron chi connectivity index (χ2n) is 16.5. The molecule has 0 bridgehead atoms. The number of β-amino-alcohol motifs (C(OH)–C–C–N with tert-alkyl or cyclic N) is 1. The first-order valence-corrected chi connectivity index (χ1v) is 21.9. The number of anilines is 1. The van der Waals surface area contributed by atoms with Crippen LogP contribution in [0.1, 0.15) is 74.5 Å². The number of aliphatic hydroxyl groups is 1. The van der Waals surface area contributed by atoms with E-state index in [1.807, 2.05) is 48.8 Å². The van der Waals surface area contributed by atoms with Crippen LogP contribution in [-0.2, 0) is 20.8 Å². The molecule has 2 aliphatic heterocycles. The summed E-state index contributed by atoms with van der Waals surface area (Å²) in [5.41, 5.74) is 5.60. The summed E-state index contributed by atoms with van der Waals surface area (Å²) in [4.78, 5) is 76.6. The fourth-order valence-electron chi connectivity index (χ4n) is 7.52. The van der Waals surface area contributed by atoms with Crippen LogP contribution in [0.5, 0.6) is 0 Å². The van der Waals surface area contributed by atoms with Crippen LogP contribution in [0.15, 0.2) is 54.0 Å². The second kappa shape index (κ2) is 21.5. The molecule has 2 aromatic carbocycles. The number of carbonyl (C=O) groups is 5. The number of likely N-dealkylation sites (N-methyl/N-ethyl adjacent to an activating group) is 1. The minimum atomic E-state index is -1.03. The number of carbonyl (C=O) groups excluding carboxylic acids is 4. The van der Waals surface area contributed by atoms with Gasteiger partial charge in [0.1, 0.15) is 6.04 Å². The predicted molar refractivity (Wildman–Crippen MR) is 233 cm³/mol. The summed E-state index contributed by atoms with van der Waals surface area (Å²) < 4.78 is 0. The summed E-state index contributed by atoms with van der Waals surface area (Å²) in [6, 6.07) is 14.4. The lowest BCUT2D eigenvalue weighted by atomic mass is 9.83. The number of amides is 5. The van der Waals surface area contributed by atoms with Crippen molar-refractivity contribution < 1.29 is 34.2 Å². The van der Waals surface area contributed by atoms with Crippen molar-refractivity contribution in [2.75, 3.05) is 70.9 Å². The molecule has 0 unspecified atom stereocenters. The van der Waals surface area contributed by atoms with Crippen molar-refractivity contribution in [3.63, 3.8) is 0 Å². The van der Waals surface area contributed by atoms with Crippen molar-refractivity contribution >= 4 is 46.7 Å². The van der Waals surface area contributed by atoms with Gasteiger partial charge in [0.2, 0.25) is 17.7 Å². The maximum atomic E-state index is 13.9. The Bertz CT molecular complexity index is 1910. The Morgan fingerprint density at radius 1 is 0.950 bits per heavy atom. The van der Waals surface area contributed by atoms with E-state index in [1.54, 1.807) is 39.2 Å². The molecule has 2 fully saturated rings. The van der Waals surface area contributed by atoms with Crippen LogP contribution in [0.3, 0.4) is 0 Å². The summed E-state index contributed by atoms with van der Waals surface area (Å²) in [6.07, 6.45) is 1.39. The number of rotatable bonds is 19. The number of aromatic nitrogens is 1. The molecule has 0 radical (unpaired) electrons. The Balaban J connectivity index is 0.966. The van der Waals surface area contributed by atoms with E-state index in [0.717, 1.165) is 60.0 Å². The Kier molecular flexibility index (Phi) is 16.5. The monoisotopic (exact) mass is 846 g/mol. The molecule has 3 atom stereocenters. The van der Waals surface area contributed by atoms with Gasteiger partial charge in [0.15, 0.2) is 0 Å². The summed E-state index contributed by atoms with van der Waals surface area (Å²) in [5.74, 6) is -0.932. The van der Waals surface area contributed by atoms with Gasteiger partial charge < -0.3 is 40.9 Å². The topological polar surface area (TPSA) is 188 Å². The Morgan fingerprint density at radius 3 is 2.30 bits per heavy atom. The van der Waals surface area contributed by atoms with Gasteiger partial charge in [-0.15, -0.1) is 11.3 Å². The van der Waals surface area contributed by atoms with Crippen LogP contribution >= 0.6 is 11.3 Å². The van der Waals surface area contributed by atoms with Crippen molar-refractivity contribution in [3.8, 4) is 10.4 Å². The number of thiazole rings is 1. The minimum absolute atomic E-state index is 0.0528. The Hall–Kier alpha value is -5.06. The highest BCUT2D eigenvalue weighted by atomic mass is 32.1. The van der Waals surface area contributed by atoms with E-state index >= 15 is 0 Å². The van der Waals surface area contributed by atoms with E-state index in [1.165, 1.54) is 9.80 Å². The first-order chi connectivity index (χ1) is 28.6. The van der Waals surface area contributed by atoms with Crippen molar-refractivity contribution in [3.05, 3.63) is 70.9 Å². The number of nitrogens with one attached hydrogen (secondary N) is 3. The van der Waals surface area contributed by atoms with Gasteiger partial charge in [-0.05, 0) is 82.3 Å². The lowest BCUT2D eigenvalue weighted by Gasteiger charge is -2.36. The quantitative estimate of drug-likeness (QED) is 0.111. The van der Waals surface area contributed by atoms with E-state index < -0.39 is 29.7 Å². The van der Waals surface area contributed by atoms with Crippen LogP contribution in [-0.4, -0.2) is 144 Å². The molecule has 2 aliphatic rings. The van der Waals surface area contributed by atoms with Gasteiger partial charge in [0.25, 0.3) is 5.91 Å². The number of aryl methyl sites for hydroxylation is 1. The van der Waals surface area contributed by atoms with Gasteiger partial charge >= 0.3 is 6.09 Å². The molecular weight excluding hydrogens is 785 g/mol. The third kappa shape index (κ3) is 12.5. The maximum absolute atomic E-state index is 13.9. The number of unbranched alkanes of at least 4 members (excludes halogenated alkanes) is 2. The predicted octanol–water partition coefficient (Wildman–Crippen LogP) is 3.99. The zero-order valence-corrected chi connectivity index (χ0v) is 36.4.